The predicted octanol–water partition coefficient (Wildman–Crippen LogP) is 3.79. The van der Waals surface area contributed by atoms with Gasteiger partial charge in [-0.3, -0.25) is 19.1 Å². The zero-order valence-electron chi connectivity index (χ0n) is 24.2. The van der Waals surface area contributed by atoms with E-state index in [2.05, 4.69) is 20.8 Å². The second-order valence-electron chi connectivity index (χ2n) is 11.4. The second-order valence-corrected chi connectivity index (χ2v) is 11.4. The van der Waals surface area contributed by atoms with E-state index in [0.29, 0.717) is 23.6 Å². The first-order chi connectivity index (χ1) is 20.6. The molecule has 2 unspecified atom stereocenters. The Morgan fingerprint density at radius 3 is 2.60 bits per heavy atom. The van der Waals surface area contributed by atoms with Gasteiger partial charge in [-0.25, -0.2) is 9.50 Å². The van der Waals surface area contributed by atoms with Gasteiger partial charge in [-0.2, -0.15) is 23.4 Å². The molecule has 2 amide bonds. The number of aromatic nitrogens is 5. The van der Waals surface area contributed by atoms with E-state index >= 15 is 0 Å². The Morgan fingerprint density at radius 2 is 1.93 bits per heavy atom. The van der Waals surface area contributed by atoms with Gasteiger partial charge < -0.3 is 15.4 Å². The van der Waals surface area contributed by atoms with Gasteiger partial charge in [0.25, 0.3) is 5.91 Å². The Bertz CT molecular complexity index is 1470. The number of carbonyl (C=O) groups excluding carboxylic acids is 3. The van der Waals surface area contributed by atoms with Crippen molar-refractivity contribution in [3.63, 3.8) is 0 Å². The van der Waals surface area contributed by atoms with Crippen LogP contribution in [-0.2, 0) is 27.3 Å². The number of hydrogen-bond donors (Lipinski definition) is 2. The molecule has 3 aromatic rings. The van der Waals surface area contributed by atoms with Crippen LogP contribution < -0.4 is 10.6 Å². The van der Waals surface area contributed by atoms with Gasteiger partial charge >= 0.3 is 12.1 Å². The molecule has 11 nitrogen and oxygen atoms in total. The number of rotatable bonds is 8. The van der Waals surface area contributed by atoms with Crippen molar-refractivity contribution in [1.82, 2.24) is 35.0 Å². The summed E-state index contributed by atoms with van der Waals surface area (Å²) in [6, 6.07) is 4.44. The number of imidazole rings is 1. The second kappa shape index (κ2) is 12.3. The summed E-state index contributed by atoms with van der Waals surface area (Å²) in [6.45, 7) is 1.84. The average Bonchev–Trinajstić information content (AvgIpc) is 3.55. The number of carbonyl (C=O) groups is 3. The highest BCUT2D eigenvalue weighted by atomic mass is 19.4. The van der Waals surface area contributed by atoms with E-state index in [4.69, 9.17) is 9.72 Å². The van der Waals surface area contributed by atoms with Crippen LogP contribution in [0.5, 0.6) is 0 Å². The number of amides is 2. The van der Waals surface area contributed by atoms with Gasteiger partial charge in [-0.15, -0.1) is 0 Å². The third kappa shape index (κ3) is 6.23. The molecule has 0 spiro atoms. The Morgan fingerprint density at radius 1 is 1.19 bits per heavy atom. The van der Waals surface area contributed by atoms with Gasteiger partial charge in [-0.1, -0.05) is 25.7 Å². The zero-order chi connectivity index (χ0) is 30.8. The summed E-state index contributed by atoms with van der Waals surface area (Å²) in [7, 11) is 1.04. The van der Waals surface area contributed by atoms with Crippen LogP contribution in [0.1, 0.15) is 79.8 Å². The summed E-state index contributed by atoms with van der Waals surface area (Å²) in [5.74, 6) is -3.89. The standard InChI is InChI=1S/C29H36F3N7O4/c1-3-38-22(12-13-34-38)25(40)36-24(18-8-6-4-5-7-9-18)21-17-39-23(35-21)11-10-20(37-39)15-28(27(42)43-2)14-19(29(30,31)32)16-33-26(28)41/h10-13,17-19,24H,3-9,14-16H2,1-2H3,(H,33,41)(H,36,40)/t19?,24-,28?/m0/s1. The molecule has 3 aromatic heterocycles. The molecule has 232 valence electrons. The number of hydrogen-bond acceptors (Lipinski definition) is 7. The van der Waals surface area contributed by atoms with Gasteiger partial charge in [0, 0.05) is 25.7 Å². The molecule has 1 saturated heterocycles. The molecule has 4 heterocycles. The van der Waals surface area contributed by atoms with Crippen LogP contribution in [0.4, 0.5) is 13.2 Å². The van der Waals surface area contributed by atoms with Crippen molar-refractivity contribution < 1.29 is 32.3 Å². The fraction of sp³-hybridized carbons (Fsp3) is 0.586. The average molecular weight is 604 g/mol. The number of alkyl halides is 3. The normalized spacial score (nSPS) is 22.5. The summed E-state index contributed by atoms with van der Waals surface area (Å²) < 4.78 is 48.8. The smallest absolute Gasteiger partial charge is 0.393 e. The molecule has 14 heteroatoms. The number of ether oxygens (including phenoxy) is 1. The maximum Gasteiger partial charge on any atom is 0.393 e. The molecule has 2 N–H and O–H groups in total. The number of halogens is 3. The Labute approximate surface area is 246 Å². The largest absolute Gasteiger partial charge is 0.468 e. The molecule has 0 radical (unpaired) electrons. The molecular formula is C29H36F3N7O4. The van der Waals surface area contributed by atoms with Crippen LogP contribution in [0.15, 0.2) is 30.6 Å². The van der Waals surface area contributed by atoms with E-state index in [1.165, 1.54) is 4.52 Å². The van der Waals surface area contributed by atoms with Gasteiger partial charge in [-0.05, 0) is 50.3 Å². The van der Waals surface area contributed by atoms with Gasteiger partial charge in [0.15, 0.2) is 11.1 Å². The summed E-state index contributed by atoms with van der Waals surface area (Å²) in [6.07, 6.45) is 3.71. The van der Waals surface area contributed by atoms with Gasteiger partial charge in [0.2, 0.25) is 5.91 Å². The molecule has 43 heavy (non-hydrogen) atoms. The number of esters is 1. The van der Waals surface area contributed by atoms with Crippen LogP contribution in [-0.4, -0.2) is 62.0 Å². The van der Waals surface area contributed by atoms with Crippen molar-refractivity contribution in [1.29, 1.82) is 0 Å². The summed E-state index contributed by atoms with van der Waals surface area (Å²) in [4.78, 5) is 43.9. The van der Waals surface area contributed by atoms with Crippen molar-refractivity contribution in [3.8, 4) is 0 Å². The maximum atomic E-state index is 13.6. The summed E-state index contributed by atoms with van der Waals surface area (Å²) in [5.41, 5.74) is -0.361. The van der Waals surface area contributed by atoms with Crippen molar-refractivity contribution in [2.75, 3.05) is 13.7 Å². The highest BCUT2D eigenvalue weighted by Crippen LogP contribution is 2.42. The predicted molar refractivity (Wildman–Crippen MR) is 148 cm³/mol. The highest BCUT2D eigenvalue weighted by Gasteiger charge is 2.56. The number of methoxy groups -OCH3 is 1. The van der Waals surface area contributed by atoms with Crippen molar-refractivity contribution in [2.45, 2.75) is 77.1 Å². The fourth-order valence-corrected chi connectivity index (χ4v) is 6.36. The number of nitrogens with one attached hydrogen (secondary N) is 2. The Hall–Kier alpha value is -3.97. The van der Waals surface area contributed by atoms with E-state index in [1.54, 1.807) is 35.3 Å². The van der Waals surface area contributed by atoms with Crippen LogP contribution >= 0.6 is 0 Å². The van der Waals surface area contributed by atoms with Crippen LogP contribution in [0.25, 0.3) is 5.65 Å². The lowest BCUT2D eigenvalue weighted by Crippen LogP contribution is -2.57. The minimum Gasteiger partial charge on any atom is -0.468 e. The Balaban J connectivity index is 1.47. The van der Waals surface area contributed by atoms with Crippen molar-refractivity contribution in [3.05, 3.63) is 47.7 Å². The first kappa shape index (κ1) is 30.5. The lowest BCUT2D eigenvalue weighted by Gasteiger charge is -2.38. The number of aryl methyl sites for hydroxylation is 1. The molecule has 1 saturated carbocycles. The number of piperidine rings is 1. The maximum absolute atomic E-state index is 13.6. The minimum absolute atomic E-state index is 0.140. The molecule has 0 aromatic carbocycles. The van der Waals surface area contributed by atoms with E-state index in [9.17, 15) is 27.6 Å². The minimum atomic E-state index is -4.60. The summed E-state index contributed by atoms with van der Waals surface area (Å²) in [5, 5.41) is 14.2. The van der Waals surface area contributed by atoms with E-state index in [-0.39, 0.29) is 23.9 Å². The SMILES string of the molecule is CCn1nccc1C(=O)N[C@H](c1cn2nc(CC3(C(=O)OC)CC(C(F)(F)F)CNC3=O)ccc2n1)C1CCCCCC1. The third-order valence-corrected chi connectivity index (χ3v) is 8.68. The van der Waals surface area contributed by atoms with Crippen LogP contribution in [0, 0.1) is 17.3 Å². The van der Waals surface area contributed by atoms with Crippen LogP contribution in [0.2, 0.25) is 0 Å². The molecule has 0 bridgehead atoms. The topological polar surface area (TPSA) is 133 Å². The molecular weight excluding hydrogens is 567 g/mol. The lowest BCUT2D eigenvalue weighted by molar-refractivity contribution is -0.195. The van der Waals surface area contributed by atoms with Gasteiger partial charge in [0.1, 0.15) is 5.69 Å². The fourth-order valence-electron chi connectivity index (χ4n) is 6.36. The molecule has 2 fully saturated rings. The molecule has 1 aliphatic carbocycles. The number of nitrogens with zero attached hydrogens (tertiary/aromatic N) is 5. The molecule has 3 atom stereocenters. The summed E-state index contributed by atoms with van der Waals surface area (Å²) >= 11 is 0. The van der Waals surface area contributed by atoms with Gasteiger partial charge in [0.05, 0.1) is 36.7 Å². The quantitative estimate of drug-likeness (QED) is 0.228. The lowest BCUT2D eigenvalue weighted by atomic mass is 9.72. The third-order valence-electron chi connectivity index (χ3n) is 8.68. The Kier molecular flexibility index (Phi) is 8.74. The van der Waals surface area contributed by atoms with E-state index in [0.717, 1.165) is 45.6 Å². The first-order valence-corrected chi connectivity index (χ1v) is 14.7. The molecule has 2 aliphatic rings. The van der Waals surface area contributed by atoms with E-state index in [1.807, 2.05) is 6.92 Å². The monoisotopic (exact) mass is 603 g/mol. The van der Waals surface area contributed by atoms with E-state index < -0.39 is 48.4 Å². The highest BCUT2D eigenvalue weighted by molar-refractivity contribution is 6.03. The first-order valence-electron chi connectivity index (χ1n) is 14.7. The van der Waals surface area contributed by atoms with Crippen molar-refractivity contribution >= 4 is 23.4 Å². The number of fused-ring (bicyclic) bond motifs is 1. The molecule has 5 rings (SSSR count). The van der Waals surface area contributed by atoms with Crippen molar-refractivity contribution in [2.24, 2.45) is 17.3 Å². The zero-order valence-corrected chi connectivity index (χ0v) is 24.2. The van der Waals surface area contributed by atoms with Crippen LogP contribution in [0.3, 0.4) is 0 Å². The molecule has 1 aliphatic heterocycles.